The van der Waals surface area contributed by atoms with Gasteiger partial charge in [-0.3, -0.25) is 0 Å². The molecule has 2 aromatic rings. The predicted molar refractivity (Wildman–Crippen MR) is 142 cm³/mol. The van der Waals surface area contributed by atoms with Gasteiger partial charge in [-0.25, -0.2) is 9.59 Å². The Kier molecular flexibility index (Phi) is 9.93. The number of carbonyl (C=O) groups is 2. The van der Waals surface area contributed by atoms with Gasteiger partial charge in [0.15, 0.2) is 0 Å². The number of nitrogens with zero attached hydrogens (tertiary/aromatic N) is 2. The molecular weight excluding hydrogens is 472 g/mol. The van der Waals surface area contributed by atoms with Gasteiger partial charge in [0.1, 0.15) is 0 Å². The van der Waals surface area contributed by atoms with Gasteiger partial charge in [-0.1, -0.05) is 42.5 Å². The fraction of sp³-hybridized carbons (Fsp3) is 0.429. The van der Waals surface area contributed by atoms with Crippen molar-refractivity contribution < 1.29 is 23.8 Å². The lowest BCUT2D eigenvalue weighted by molar-refractivity contribution is 0.0257. The molecule has 0 saturated heterocycles. The number of anilines is 1. The lowest BCUT2D eigenvalue weighted by Crippen LogP contribution is -2.43. The van der Waals surface area contributed by atoms with E-state index >= 15 is 0 Å². The SMILES string of the molecule is COCCOCCOCCNC(=O)N1CC=C(c2ccc(NC(=O)N3Cc4ccccc4C3)cc2)CC1. The van der Waals surface area contributed by atoms with Crippen molar-refractivity contribution in [2.24, 2.45) is 0 Å². The molecule has 0 atom stereocenters. The van der Waals surface area contributed by atoms with E-state index in [2.05, 4.69) is 28.8 Å². The van der Waals surface area contributed by atoms with Crippen LogP contribution in [0.1, 0.15) is 23.1 Å². The Morgan fingerprint density at radius 2 is 1.51 bits per heavy atom. The van der Waals surface area contributed by atoms with Crippen molar-refractivity contribution in [3.05, 3.63) is 71.3 Å². The molecule has 0 unspecified atom stereocenters. The van der Waals surface area contributed by atoms with Gasteiger partial charge in [-0.15, -0.1) is 0 Å². The van der Waals surface area contributed by atoms with Crippen LogP contribution in [-0.4, -0.2) is 81.6 Å². The quantitative estimate of drug-likeness (QED) is 0.452. The zero-order valence-corrected chi connectivity index (χ0v) is 21.4. The molecule has 2 N–H and O–H groups in total. The molecule has 0 aliphatic carbocycles. The van der Waals surface area contributed by atoms with E-state index in [1.54, 1.807) is 12.0 Å². The fourth-order valence-electron chi connectivity index (χ4n) is 4.37. The molecule has 4 amide bonds. The Bertz CT molecular complexity index is 1050. The number of amides is 4. The molecule has 0 spiro atoms. The van der Waals surface area contributed by atoms with Crippen LogP contribution in [0.25, 0.3) is 5.57 Å². The molecule has 0 saturated carbocycles. The molecule has 2 heterocycles. The maximum atomic E-state index is 12.7. The van der Waals surface area contributed by atoms with E-state index in [1.807, 2.05) is 41.3 Å². The number of fused-ring (bicyclic) bond motifs is 1. The standard InChI is InChI=1S/C28H36N4O5/c1-35-16-17-37-19-18-36-15-12-29-27(33)31-13-10-23(11-14-31)22-6-8-26(9-7-22)30-28(34)32-20-24-4-2-3-5-25(24)21-32/h2-10H,11-21H2,1H3,(H,29,33)(H,30,34). The van der Waals surface area contributed by atoms with Gasteiger partial charge in [0.25, 0.3) is 0 Å². The Balaban J connectivity index is 1.15. The minimum absolute atomic E-state index is 0.0858. The van der Waals surface area contributed by atoms with E-state index in [9.17, 15) is 9.59 Å². The van der Waals surface area contributed by atoms with Gasteiger partial charge in [0, 0.05) is 45.5 Å². The molecular formula is C28H36N4O5. The first-order valence-electron chi connectivity index (χ1n) is 12.7. The van der Waals surface area contributed by atoms with Crippen molar-refractivity contribution in [2.75, 3.05) is 65.1 Å². The lowest BCUT2D eigenvalue weighted by Gasteiger charge is -2.27. The zero-order valence-electron chi connectivity index (χ0n) is 21.4. The largest absolute Gasteiger partial charge is 0.382 e. The van der Waals surface area contributed by atoms with Gasteiger partial charge >= 0.3 is 12.1 Å². The number of hydrogen-bond acceptors (Lipinski definition) is 5. The van der Waals surface area contributed by atoms with E-state index < -0.39 is 0 Å². The first-order chi connectivity index (χ1) is 18.1. The van der Waals surface area contributed by atoms with Gasteiger partial charge in [0.2, 0.25) is 0 Å². The first-order valence-corrected chi connectivity index (χ1v) is 12.7. The third kappa shape index (κ3) is 7.79. The van der Waals surface area contributed by atoms with Gasteiger partial charge in [0.05, 0.1) is 33.0 Å². The third-order valence-electron chi connectivity index (χ3n) is 6.46. The number of urea groups is 2. The Morgan fingerprint density at radius 1 is 0.838 bits per heavy atom. The highest BCUT2D eigenvalue weighted by Crippen LogP contribution is 2.25. The summed E-state index contributed by atoms with van der Waals surface area (Å²) in [5, 5.41) is 5.90. The summed E-state index contributed by atoms with van der Waals surface area (Å²) in [6.07, 6.45) is 2.87. The van der Waals surface area contributed by atoms with Crippen LogP contribution in [0.4, 0.5) is 15.3 Å². The monoisotopic (exact) mass is 508 g/mol. The van der Waals surface area contributed by atoms with Crippen molar-refractivity contribution in [1.29, 1.82) is 0 Å². The van der Waals surface area contributed by atoms with Crippen LogP contribution < -0.4 is 10.6 Å². The number of benzene rings is 2. The topological polar surface area (TPSA) is 92.4 Å². The van der Waals surface area contributed by atoms with E-state index in [4.69, 9.17) is 14.2 Å². The van der Waals surface area contributed by atoms with Crippen molar-refractivity contribution >= 4 is 23.3 Å². The number of rotatable bonds is 11. The van der Waals surface area contributed by atoms with Gasteiger partial charge in [-0.2, -0.15) is 0 Å². The average Bonchev–Trinajstić information content (AvgIpc) is 3.37. The van der Waals surface area contributed by atoms with Crippen LogP contribution >= 0.6 is 0 Å². The molecule has 0 aromatic heterocycles. The number of hydrogen-bond donors (Lipinski definition) is 2. The number of methoxy groups -OCH3 is 1. The predicted octanol–water partition coefficient (Wildman–Crippen LogP) is 3.71. The third-order valence-corrected chi connectivity index (χ3v) is 6.46. The van der Waals surface area contributed by atoms with E-state index in [-0.39, 0.29) is 12.1 Å². The summed E-state index contributed by atoms with van der Waals surface area (Å²) in [6, 6.07) is 15.9. The molecule has 2 aliphatic heterocycles. The summed E-state index contributed by atoms with van der Waals surface area (Å²) in [7, 11) is 1.64. The van der Waals surface area contributed by atoms with Crippen LogP contribution in [0.3, 0.4) is 0 Å². The molecule has 9 nitrogen and oxygen atoms in total. The number of carbonyl (C=O) groups excluding carboxylic acids is 2. The lowest BCUT2D eigenvalue weighted by atomic mass is 9.99. The second-order valence-corrected chi connectivity index (χ2v) is 9.01. The van der Waals surface area contributed by atoms with E-state index in [1.165, 1.54) is 16.7 Å². The molecule has 0 bridgehead atoms. The van der Waals surface area contributed by atoms with Crippen LogP contribution in [0, 0.1) is 0 Å². The minimum atomic E-state index is -0.0942. The van der Waals surface area contributed by atoms with Crippen LogP contribution in [-0.2, 0) is 27.3 Å². The Hall–Kier alpha value is -3.40. The normalized spacial score (nSPS) is 14.8. The van der Waals surface area contributed by atoms with Gasteiger partial charge in [-0.05, 0) is 40.8 Å². The van der Waals surface area contributed by atoms with Crippen LogP contribution in [0.2, 0.25) is 0 Å². The van der Waals surface area contributed by atoms with Crippen molar-refractivity contribution in [3.8, 4) is 0 Å². The first kappa shape index (κ1) is 26.7. The molecule has 0 fully saturated rings. The zero-order chi connectivity index (χ0) is 25.9. The van der Waals surface area contributed by atoms with Crippen LogP contribution in [0.15, 0.2) is 54.6 Å². The highest BCUT2D eigenvalue weighted by atomic mass is 16.5. The second kappa shape index (κ2) is 13.8. The summed E-state index contributed by atoms with van der Waals surface area (Å²) in [6.45, 7) is 5.51. The van der Waals surface area contributed by atoms with Gasteiger partial charge < -0.3 is 34.6 Å². The maximum absolute atomic E-state index is 12.7. The highest BCUT2D eigenvalue weighted by molar-refractivity contribution is 5.90. The summed E-state index contributed by atoms with van der Waals surface area (Å²) >= 11 is 0. The number of ether oxygens (including phenoxy) is 3. The maximum Gasteiger partial charge on any atom is 0.322 e. The smallest absolute Gasteiger partial charge is 0.322 e. The van der Waals surface area contributed by atoms with Crippen molar-refractivity contribution in [3.63, 3.8) is 0 Å². The summed E-state index contributed by atoms with van der Waals surface area (Å²) in [5.74, 6) is 0. The fourth-order valence-corrected chi connectivity index (χ4v) is 4.37. The molecule has 9 heteroatoms. The molecule has 2 aliphatic rings. The van der Waals surface area contributed by atoms with Crippen molar-refractivity contribution in [1.82, 2.24) is 15.1 Å². The highest BCUT2D eigenvalue weighted by Gasteiger charge is 2.23. The van der Waals surface area contributed by atoms with E-state index in [0.29, 0.717) is 65.8 Å². The molecule has 4 rings (SSSR count). The Labute approximate surface area is 218 Å². The minimum Gasteiger partial charge on any atom is -0.382 e. The van der Waals surface area contributed by atoms with Crippen LogP contribution in [0.5, 0.6) is 0 Å². The molecule has 0 radical (unpaired) electrons. The molecule has 198 valence electrons. The van der Waals surface area contributed by atoms with Crippen molar-refractivity contribution in [2.45, 2.75) is 19.5 Å². The Morgan fingerprint density at radius 3 is 2.16 bits per heavy atom. The summed E-state index contributed by atoms with van der Waals surface area (Å²) in [5.41, 5.74) is 5.48. The summed E-state index contributed by atoms with van der Waals surface area (Å²) in [4.78, 5) is 28.7. The number of nitrogens with one attached hydrogen (secondary N) is 2. The second-order valence-electron chi connectivity index (χ2n) is 9.01. The summed E-state index contributed by atoms with van der Waals surface area (Å²) < 4.78 is 15.7. The average molecular weight is 509 g/mol. The molecule has 37 heavy (non-hydrogen) atoms. The van der Waals surface area contributed by atoms with E-state index in [0.717, 1.165) is 17.7 Å². The molecule has 2 aromatic carbocycles.